The number of hydrogen-bond donors (Lipinski definition) is 3. The van der Waals surface area contributed by atoms with Crippen molar-refractivity contribution in [2.45, 2.75) is 33.6 Å². The minimum Gasteiger partial charge on any atom is -0.481 e. The largest absolute Gasteiger partial charge is 0.481 e. The smallest absolute Gasteiger partial charge is 0.314 e. The van der Waals surface area contributed by atoms with Gasteiger partial charge < -0.3 is 20.5 Å². The number of carboxylic acid groups (broad SMARTS) is 1. The first-order chi connectivity index (χ1) is 8.75. The number of carbonyl (C=O) groups excluding carboxylic acids is 1. The summed E-state index contributed by atoms with van der Waals surface area (Å²) in [6, 6.07) is -0.318. The lowest BCUT2D eigenvalue weighted by atomic mass is 9.82. The molecule has 2 amide bonds. The Kier molecular flexibility index (Phi) is 5.17. The molecule has 0 saturated carbocycles. The molecule has 6 heteroatoms. The maximum absolute atomic E-state index is 11.7. The Morgan fingerprint density at radius 2 is 1.84 bits per heavy atom. The second-order valence-corrected chi connectivity index (χ2v) is 6.15. The number of carbonyl (C=O) groups is 2. The summed E-state index contributed by atoms with van der Waals surface area (Å²) in [7, 11) is 0. The van der Waals surface area contributed by atoms with E-state index in [1.54, 1.807) is 13.8 Å². The van der Waals surface area contributed by atoms with Crippen LogP contribution in [0, 0.1) is 10.8 Å². The lowest BCUT2D eigenvalue weighted by molar-refractivity contribution is -0.146. The van der Waals surface area contributed by atoms with Crippen LogP contribution in [0.4, 0.5) is 4.79 Å². The number of carboxylic acids is 1. The lowest BCUT2D eigenvalue weighted by Crippen LogP contribution is -2.47. The van der Waals surface area contributed by atoms with Crippen LogP contribution in [0.15, 0.2) is 0 Å². The predicted molar refractivity (Wildman–Crippen MR) is 71.0 cm³/mol. The van der Waals surface area contributed by atoms with Crippen LogP contribution in [0.1, 0.15) is 33.6 Å². The van der Waals surface area contributed by atoms with Crippen molar-refractivity contribution < 1.29 is 19.4 Å². The van der Waals surface area contributed by atoms with Gasteiger partial charge in [-0.05, 0) is 32.1 Å². The number of aliphatic carboxylic acids is 1. The van der Waals surface area contributed by atoms with Gasteiger partial charge in [0.15, 0.2) is 0 Å². The maximum Gasteiger partial charge on any atom is 0.314 e. The average molecular weight is 272 g/mol. The van der Waals surface area contributed by atoms with E-state index in [0.29, 0.717) is 6.54 Å². The second kappa shape index (κ2) is 6.23. The van der Waals surface area contributed by atoms with Crippen LogP contribution in [-0.4, -0.2) is 43.4 Å². The standard InChI is InChI=1S/C13H24N2O4/c1-12(2,10(16)17)8-14-11(18)15-9-13(3)4-6-19-7-5-13/h4-9H2,1-3H3,(H,16,17)(H2,14,15,18). The van der Waals surface area contributed by atoms with Gasteiger partial charge in [0.05, 0.1) is 5.41 Å². The summed E-state index contributed by atoms with van der Waals surface area (Å²) < 4.78 is 5.30. The van der Waals surface area contributed by atoms with Crippen LogP contribution >= 0.6 is 0 Å². The Morgan fingerprint density at radius 1 is 1.26 bits per heavy atom. The molecule has 1 aliphatic heterocycles. The third-order valence-electron chi connectivity index (χ3n) is 3.65. The molecule has 6 nitrogen and oxygen atoms in total. The van der Waals surface area contributed by atoms with Crippen molar-refractivity contribution >= 4 is 12.0 Å². The zero-order valence-corrected chi connectivity index (χ0v) is 11.9. The molecule has 0 aromatic carbocycles. The zero-order chi connectivity index (χ0) is 14.5. The minimum atomic E-state index is -0.958. The van der Waals surface area contributed by atoms with Gasteiger partial charge in [0, 0.05) is 26.3 Å². The van der Waals surface area contributed by atoms with Crippen LogP contribution in [0.5, 0.6) is 0 Å². The summed E-state index contributed by atoms with van der Waals surface area (Å²) in [6.07, 6.45) is 1.85. The SMILES string of the molecule is CC1(CNC(=O)NCC(C)(C)C(=O)O)CCOCC1. The highest BCUT2D eigenvalue weighted by Crippen LogP contribution is 2.28. The van der Waals surface area contributed by atoms with Crippen molar-refractivity contribution in [1.29, 1.82) is 0 Å². The van der Waals surface area contributed by atoms with Gasteiger partial charge in [-0.25, -0.2) is 4.79 Å². The Balaban J connectivity index is 2.30. The van der Waals surface area contributed by atoms with Gasteiger partial charge in [-0.15, -0.1) is 0 Å². The topological polar surface area (TPSA) is 87.7 Å². The number of rotatable bonds is 5. The fraction of sp³-hybridized carbons (Fsp3) is 0.846. The number of hydrogen-bond acceptors (Lipinski definition) is 3. The lowest BCUT2D eigenvalue weighted by Gasteiger charge is -2.33. The van der Waals surface area contributed by atoms with Crippen molar-refractivity contribution in [2.24, 2.45) is 10.8 Å². The van der Waals surface area contributed by atoms with E-state index in [1.807, 2.05) is 0 Å². The maximum atomic E-state index is 11.7. The highest BCUT2D eigenvalue weighted by Gasteiger charge is 2.29. The summed E-state index contributed by atoms with van der Waals surface area (Å²) in [5.74, 6) is -0.927. The molecule has 19 heavy (non-hydrogen) atoms. The molecule has 3 N–H and O–H groups in total. The van der Waals surface area contributed by atoms with Gasteiger partial charge in [0.2, 0.25) is 0 Å². The van der Waals surface area contributed by atoms with E-state index in [4.69, 9.17) is 9.84 Å². The molecule has 1 saturated heterocycles. The highest BCUT2D eigenvalue weighted by atomic mass is 16.5. The summed E-state index contributed by atoms with van der Waals surface area (Å²) >= 11 is 0. The normalized spacial score (nSPS) is 18.7. The van der Waals surface area contributed by atoms with Crippen LogP contribution in [0.3, 0.4) is 0 Å². The number of nitrogens with one attached hydrogen (secondary N) is 2. The molecule has 0 spiro atoms. The average Bonchev–Trinajstić information content (AvgIpc) is 2.35. The summed E-state index contributed by atoms with van der Waals surface area (Å²) in [5.41, 5.74) is -0.891. The molecule has 1 aliphatic rings. The van der Waals surface area contributed by atoms with E-state index in [2.05, 4.69) is 17.6 Å². The van der Waals surface area contributed by atoms with Crippen LogP contribution < -0.4 is 10.6 Å². The van der Waals surface area contributed by atoms with Gasteiger partial charge >= 0.3 is 12.0 Å². The third-order valence-corrected chi connectivity index (χ3v) is 3.65. The second-order valence-electron chi connectivity index (χ2n) is 6.15. The van der Waals surface area contributed by atoms with Gasteiger partial charge in [-0.3, -0.25) is 4.79 Å². The first kappa shape index (κ1) is 15.8. The quantitative estimate of drug-likeness (QED) is 0.702. The van der Waals surface area contributed by atoms with Gasteiger partial charge in [-0.1, -0.05) is 6.92 Å². The van der Waals surface area contributed by atoms with Gasteiger partial charge in [-0.2, -0.15) is 0 Å². The Hall–Kier alpha value is -1.30. The fourth-order valence-electron chi connectivity index (χ4n) is 1.77. The van der Waals surface area contributed by atoms with Crippen molar-refractivity contribution in [3.63, 3.8) is 0 Å². The molecular weight excluding hydrogens is 248 g/mol. The van der Waals surface area contributed by atoms with Crippen molar-refractivity contribution in [3.8, 4) is 0 Å². The molecule has 1 fully saturated rings. The summed E-state index contributed by atoms with van der Waals surface area (Å²) in [6.45, 7) is 7.42. The number of urea groups is 1. The van der Waals surface area contributed by atoms with Crippen LogP contribution in [0.25, 0.3) is 0 Å². The Labute approximate surface area is 113 Å². The molecule has 0 unspecified atom stereocenters. The number of ether oxygens (including phenoxy) is 1. The van der Waals surface area contributed by atoms with Crippen molar-refractivity contribution in [3.05, 3.63) is 0 Å². The van der Waals surface area contributed by atoms with E-state index >= 15 is 0 Å². The number of amides is 2. The van der Waals surface area contributed by atoms with Crippen LogP contribution in [-0.2, 0) is 9.53 Å². The van der Waals surface area contributed by atoms with E-state index in [-0.39, 0.29) is 18.0 Å². The first-order valence-electron chi connectivity index (χ1n) is 6.58. The van der Waals surface area contributed by atoms with Gasteiger partial charge in [0.1, 0.15) is 0 Å². The molecule has 0 aromatic heterocycles. The van der Waals surface area contributed by atoms with E-state index < -0.39 is 11.4 Å². The predicted octanol–water partition coefficient (Wildman–Crippen LogP) is 1.21. The molecule has 1 rings (SSSR count). The highest BCUT2D eigenvalue weighted by molar-refractivity contribution is 5.77. The summed E-state index contributed by atoms with van der Waals surface area (Å²) in [4.78, 5) is 22.6. The van der Waals surface area contributed by atoms with E-state index in [1.165, 1.54) is 0 Å². The van der Waals surface area contributed by atoms with E-state index in [0.717, 1.165) is 26.1 Å². The summed E-state index contributed by atoms with van der Waals surface area (Å²) in [5, 5.41) is 14.3. The van der Waals surface area contributed by atoms with Crippen molar-refractivity contribution in [1.82, 2.24) is 10.6 Å². The Bertz CT molecular complexity index is 336. The third kappa shape index (κ3) is 5.06. The van der Waals surface area contributed by atoms with E-state index in [9.17, 15) is 9.59 Å². The van der Waals surface area contributed by atoms with Crippen molar-refractivity contribution in [2.75, 3.05) is 26.3 Å². The minimum absolute atomic E-state index is 0.0674. The molecule has 0 radical (unpaired) electrons. The van der Waals surface area contributed by atoms with Gasteiger partial charge in [0.25, 0.3) is 0 Å². The molecular formula is C13H24N2O4. The molecule has 0 aliphatic carbocycles. The molecule has 0 aromatic rings. The molecule has 110 valence electrons. The fourth-order valence-corrected chi connectivity index (χ4v) is 1.77. The first-order valence-corrected chi connectivity index (χ1v) is 6.58. The molecule has 0 atom stereocenters. The Morgan fingerprint density at radius 3 is 2.37 bits per heavy atom. The zero-order valence-electron chi connectivity index (χ0n) is 11.9. The molecule has 1 heterocycles. The molecule has 0 bridgehead atoms. The monoisotopic (exact) mass is 272 g/mol. The van der Waals surface area contributed by atoms with Crippen LogP contribution in [0.2, 0.25) is 0 Å².